The van der Waals surface area contributed by atoms with Gasteiger partial charge in [-0.2, -0.15) is 5.26 Å². The molecule has 1 heterocycles. The number of anilines is 1. The maximum Gasteiger partial charge on any atom is 0.300 e. The molecule has 0 radical (unpaired) electrons. The van der Waals surface area contributed by atoms with E-state index in [1.54, 1.807) is 6.92 Å². The van der Waals surface area contributed by atoms with Crippen LogP contribution in [0.1, 0.15) is 22.3 Å². The number of hydrogen-bond donors (Lipinski definition) is 1. The summed E-state index contributed by atoms with van der Waals surface area (Å²) in [5.74, 6) is -3.02. The minimum Gasteiger partial charge on any atom is -0.354 e. The van der Waals surface area contributed by atoms with Crippen molar-refractivity contribution in [3.05, 3.63) is 29.1 Å². The second kappa shape index (κ2) is 5.71. The van der Waals surface area contributed by atoms with Gasteiger partial charge in [0.15, 0.2) is 0 Å². The number of rotatable bonds is 4. The predicted molar refractivity (Wildman–Crippen MR) is 71.1 cm³/mol. The van der Waals surface area contributed by atoms with Crippen LogP contribution in [0.4, 0.5) is 10.1 Å². The lowest BCUT2D eigenvalue weighted by molar-refractivity contribution is -0.122. The number of Topliss-reactive ketones (excluding diaryl/α,β-unsaturated/α-hetero) is 1. The fourth-order valence-electron chi connectivity index (χ4n) is 2.13. The van der Waals surface area contributed by atoms with Crippen molar-refractivity contribution in [1.82, 2.24) is 5.32 Å². The Bertz CT molecular complexity index is 679. The van der Waals surface area contributed by atoms with E-state index in [4.69, 9.17) is 5.26 Å². The molecule has 1 aliphatic rings. The van der Waals surface area contributed by atoms with Crippen LogP contribution in [0, 0.1) is 24.1 Å². The van der Waals surface area contributed by atoms with E-state index in [1.807, 2.05) is 6.07 Å². The van der Waals surface area contributed by atoms with Crippen molar-refractivity contribution in [2.24, 2.45) is 0 Å². The quantitative estimate of drug-likeness (QED) is 0.652. The SMILES string of the molecule is Cc1cc(F)c2c(c1)C(=O)C(=O)N2CC(=O)NCCC#N. The van der Waals surface area contributed by atoms with E-state index >= 15 is 0 Å². The minimum absolute atomic E-state index is 0.0256. The van der Waals surface area contributed by atoms with E-state index < -0.39 is 30.0 Å². The molecule has 0 aromatic heterocycles. The van der Waals surface area contributed by atoms with Gasteiger partial charge in [0.05, 0.1) is 23.7 Å². The molecule has 0 fully saturated rings. The highest BCUT2D eigenvalue weighted by atomic mass is 19.1. The molecule has 0 saturated heterocycles. The van der Waals surface area contributed by atoms with Crippen molar-refractivity contribution in [3.63, 3.8) is 0 Å². The highest BCUT2D eigenvalue weighted by Gasteiger charge is 2.39. The molecule has 0 unspecified atom stereocenters. The zero-order valence-electron chi connectivity index (χ0n) is 11.3. The second-order valence-corrected chi connectivity index (χ2v) is 4.62. The summed E-state index contributed by atoms with van der Waals surface area (Å²) >= 11 is 0. The topological polar surface area (TPSA) is 90.3 Å². The summed E-state index contributed by atoms with van der Waals surface area (Å²) in [5, 5.41) is 10.8. The molecular weight excluding hydrogens is 277 g/mol. The average Bonchev–Trinajstić information content (AvgIpc) is 2.64. The number of carbonyl (C=O) groups excluding carboxylic acids is 3. The van der Waals surface area contributed by atoms with Crippen molar-refractivity contribution < 1.29 is 18.8 Å². The molecule has 0 bridgehead atoms. The van der Waals surface area contributed by atoms with Crippen molar-refractivity contribution >= 4 is 23.3 Å². The van der Waals surface area contributed by atoms with E-state index in [0.29, 0.717) is 5.56 Å². The highest BCUT2D eigenvalue weighted by molar-refractivity contribution is 6.52. The fraction of sp³-hybridized carbons (Fsp3) is 0.286. The van der Waals surface area contributed by atoms with Crippen LogP contribution in [0.25, 0.3) is 0 Å². The minimum atomic E-state index is -0.926. The Kier molecular flexibility index (Phi) is 3.98. The Morgan fingerprint density at radius 2 is 2.14 bits per heavy atom. The van der Waals surface area contributed by atoms with Gasteiger partial charge in [-0.1, -0.05) is 0 Å². The second-order valence-electron chi connectivity index (χ2n) is 4.62. The summed E-state index contributed by atoms with van der Waals surface area (Å²) in [4.78, 5) is 36.2. The van der Waals surface area contributed by atoms with Gasteiger partial charge in [-0.15, -0.1) is 0 Å². The summed E-state index contributed by atoms with van der Waals surface area (Å²) in [6.07, 6.45) is 0.128. The van der Waals surface area contributed by atoms with Gasteiger partial charge >= 0.3 is 0 Å². The number of fused-ring (bicyclic) bond motifs is 1. The molecule has 0 saturated carbocycles. The van der Waals surface area contributed by atoms with Crippen LogP contribution in [-0.2, 0) is 9.59 Å². The summed E-state index contributed by atoms with van der Waals surface area (Å²) in [6, 6.07) is 4.48. The van der Waals surface area contributed by atoms with Gasteiger partial charge in [0.1, 0.15) is 12.4 Å². The monoisotopic (exact) mass is 289 g/mol. The number of nitriles is 1. The Balaban J connectivity index is 2.23. The Hall–Kier alpha value is -2.75. The zero-order valence-corrected chi connectivity index (χ0v) is 11.3. The third-order valence-electron chi connectivity index (χ3n) is 3.02. The van der Waals surface area contributed by atoms with E-state index in [1.165, 1.54) is 12.1 Å². The van der Waals surface area contributed by atoms with E-state index in [2.05, 4.69) is 5.32 Å². The summed E-state index contributed by atoms with van der Waals surface area (Å²) in [5.41, 5.74) is 0.334. The number of halogens is 1. The van der Waals surface area contributed by atoms with Gasteiger partial charge in [0.2, 0.25) is 5.91 Å². The number of nitrogens with zero attached hydrogens (tertiary/aromatic N) is 2. The number of ketones is 1. The number of hydrogen-bond acceptors (Lipinski definition) is 4. The molecule has 6 nitrogen and oxygen atoms in total. The predicted octanol–water partition coefficient (Wildman–Crippen LogP) is 0.693. The molecule has 0 atom stereocenters. The van der Waals surface area contributed by atoms with Gasteiger partial charge in [-0.25, -0.2) is 4.39 Å². The lowest BCUT2D eigenvalue weighted by atomic mass is 10.1. The summed E-state index contributed by atoms with van der Waals surface area (Å²) < 4.78 is 14.0. The zero-order chi connectivity index (χ0) is 15.6. The Morgan fingerprint density at radius 3 is 2.81 bits per heavy atom. The first-order valence-corrected chi connectivity index (χ1v) is 6.25. The largest absolute Gasteiger partial charge is 0.354 e. The molecule has 7 heteroatoms. The number of amides is 2. The average molecular weight is 289 g/mol. The van der Waals surface area contributed by atoms with Gasteiger partial charge in [0, 0.05) is 6.54 Å². The molecular formula is C14H12FN3O3. The van der Waals surface area contributed by atoms with Crippen LogP contribution >= 0.6 is 0 Å². The molecule has 1 aliphatic heterocycles. The molecule has 2 amide bonds. The molecule has 1 aromatic carbocycles. The molecule has 1 N–H and O–H groups in total. The maximum absolute atomic E-state index is 14.0. The Labute approximate surface area is 120 Å². The lowest BCUT2D eigenvalue weighted by Gasteiger charge is -2.16. The highest BCUT2D eigenvalue weighted by Crippen LogP contribution is 2.32. The van der Waals surface area contributed by atoms with Crippen LogP contribution in [-0.4, -0.2) is 30.7 Å². The van der Waals surface area contributed by atoms with Crippen molar-refractivity contribution in [2.75, 3.05) is 18.0 Å². The van der Waals surface area contributed by atoms with E-state index in [0.717, 1.165) is 4.90 Å². The first-order valence-electron chi connectivity index (χ1n) is 6.25. The summed E-state index contributed by atoms with van der Waals surface area (Å²) in [7, 11) is 0. The maximum atomic E-state index is 14.0. The molecule has 2 rings (SSSR count). The van der Waals surface area contributed by atoms with Crippen LogP contribution in [0.2, 0.25) is 0 Å². The number of carbonyl (C=O) groups is 3. The van der Waals surface area contributed by atoms with E-state index in [-0.39, 0.29) is 24.2 Å². The van der Waals surface area contributed by atoms with Crippen molar-refractivity contribution in [2.45, 2.75) is 13.3 Å². The normalized spacial score (nSPS) is 13.1. The molecule has 1 aromatic rings. The van der Waals surface area contributed by atoms with E-state index in [9.17, 15) is 18.8 Å². The van der Waals surface area contributed by atoms with Gasteiger partial charge < -0.3 is 5.32 Å². The molecule has 0 spiro atoms. The number of benzene rings is 1. The van der Waals surface area contributed by atoms with Crippen LogP contribution in [0.15, 0.2) is 12.1 Å². The standard InChI is InChI=1S/C14H12FN3O3/c1-8-5-9-12(10(15)6-8)18(14(21)13(9)20)7-11(19)17-4-2-3-16/h5-6H,2,4,7H2,1H3,(H,17,19). The first kappa shape index (κ1) is 14.7. The molecule has 0 aliphatic carbocycles. The number of nitrogens with one attached hydrogen (secondary N) is 1. The van der Waals surface area contributed by atoms with Crippen molar-refractivity contribution in [3.8, 4) is 6.07 Å². The number of aryl methyl sites for hydroxylation is 1. The smallest absolute Gasteiger partial charge is 0.300 e. The third kappa shape index (κ3) is 2.74. The van der Waals surface area contributed by atoms with Crippen molar-refractivity contribution in [1.29, 1.82) is 5.26 Å². The van der Waals surface area contributed by atoms with Gasteiger partial charge in [-0.3, -0.25) is 19.3 Å². The third-order valence-corrected chi connectivity index (χ3v) is 3.02. The van der Waals surface area contributed by atoms with Crippen LogP contribution in [0.3, 0.4) is 0 Å². The first-order chi connectivity index (χ1) is 9.95. The van der Waals surface area contributed by atoms with Gasteiger partial charge in [-0.05, 0) is 24.6 Å². The van der Waals surface area contributed by atoms with Crippen LogP contribution in [0.5, 0.6) is 0 Å². The fourth-order valence-corrected chi connectivity index (χ4v) is 2.13. The molecule has 108 valence electrons. The Morgan fingerprint density at radius 1 is 1.43 bits per heavy atom. The molecule has 21 heavy (non-hydrogen) atoms. The van der Waals surface area contributed by atoms with Gasteiger partial charge in [0.25, 0.3) is 11.7 Å². The van der Waals surface area contributed by atoms with Crippen LogP contribution < -0.4 is 10.2 Å². The lowest BCUT2D eigenvalue weighted by Crippen LogP contribution is -2.40. The summed E-state index contributed by atoms with van der Waals surface area (Å²) in [6.45, 7) is 1.29.